The molecule has 0 aliphatic carbocycles. The van der Waals surface area contributed by atoms with Gasteiger partial charge in [-0.3, -0.25) is 9.59 Å². The van der Waals surface area contributed by atoms with Gasteiger partial charge in [-0.25, -0.2) is 8.42 Å². The van der Waals surface area contributed by atoms with E-state index in [4.69, 9.17) is 5.11 Å². The van der Waals surface area contributed by atoms with Crippen LogP contribution in [-0.2, 0) is 19.4 Å². The van der Waals surface area contributed by atoms with Crippen molar-refractivity contribution in [2.24, 2.45) is 0 Å². The third-order valence-corrected chi connectivity index (χ3v) is 4.64. The number of carboxylic acid groups (broad SMARTS) is 1. The molecule has 1 amide bonds. The molecule has 0 saturated carbocycles. The van der Waals surface area contributed by atoms with E-state index in [2.05, 4.69) is 0 Å². The molecule has 0 bridgehead atoms. The molecule has 0 fully saturated rings. The average Bonchev–Trinajstić information content (AvgIpc) is 2.15. The Morgan fingerprint density at radius 1 is 1.17 bits per heavy atom. The van der Waals surface area contributed by atoms with Crippen molar-refractivity contribution >= 4 is 21.7 Å². The summed E-state index contributed by atoms with van der Waals surface area (Å²) in [6.45, 7) is 6.50. The van der Waals surface area contributed by atoms with Crippen LogP contribution in [0.5, 0.6) is 0 Å². The first-order valence-electron chi connectivity index (χ1n) is 5.80. The van der Waals surface area contributed by atoms with Gasteiger partial charge in [0.2, 0.25) is 5.91 Å². The Hall–Kier alpha value is -1.11. The normalized spacial score (nSPS) is 11.9. The highest BCUT2D eigenvalue weighted by Crippen LogP contribution is 2.07. The number of aliphatic carboxylic acids is 1. The molecule has 0 aromatic heterocycles. The summed E-state index contributed by atoms with van der Waals surface area (Å²) in [5.41, 5.74) is 0. The van der Waals surface area contributed by atoms with E-state index in [0.29, 0.717) is 0 Å². The van der Waals surface area contributed by atoms with E-state index in [1.165, 1.54) is 18.7 Å². The number of carbonyl (C=O) groups is 2. The predicted molar refractivity (Wildman–Crippen MR) is 68.0 cm³/mol. The molecule has 0 aromatic rings. The summed E-state index contributed by atoms with van der Waals surface area (Å²) in [7, 11) is -3.45. The topological polar surface area (TPSA) is 91.8 Å². The molecule has 0 unspecified atom stereocenters. The lowest BCUT2D eigenvalue weighted by atomic mass is 10.3. The second kappa shape index (κ2) is 6.72. The first kappa shape index (κ1) is 16.9. The number of hydrogen-bond donors (Lipinski definition) is 1. The van der Waals surface area contributed by atoms with Crippen LogP contribution >= 0.6 is 0 Å². The molecular weight excluding hydrogens is 258 g/mol. The number of amides is 1. The molecule has 106 valence electrons. The number of nitrogens with zero attached hydrogens (tertiary/aromatic N) is 1. The zero-order chi connectivity index (χ0) is 14.5. The van der Waals surface area contributed by atoms with Gasteiger partial charge >= 0.3 is 5.97 Å². The van der Waals surface area contributed by atoms with Crippen molar-refractivity contribution in [1.29, 1.82) is 0 Å². The van der Waals surface area contributed by atoms with Gasteiger partial charge in [0.1, 0.15) is 5.75 Å². The van der Waals surface area contributed by atoms with Crippen molar-refractivity contribution < 1.29 is 23.1 Å². The Morgan fingerprint density at radius 2 is 1.67 bits per heavy atom. The van der Waals surface area contributed by atoms with Crippen LogP contribution in [0.25, 0.3) is 0 Å². The molecular formula is C11H21NO5S. The molecule has 0 heterocycles. The third kappa shape index (κ3) is 5.48. The number of carboxylic acids is 1. The minimum Gasteiger partial charge on any atom is -0.481 e. The molecule has 0 aliphatic heterocycles. The maximum atomic E-state index is 11.9. The molecule has 0 atom stereocenters. The second-order valence-electron chi connectivity index (χ2n) is 4.68. The summed E-state index contributed by atoms with van der Waals surface area (Å²) < 4.78 is 23.3. The van der Waals surface area contributed by atoms with Crippen molar-refractivity contribution in [2.75, 3.05) is 12.3 Å². The molecule has 6 nitrogen and oxygen atoms in total. The third-order valence-electron chi connectivity index (χ3n) is 2.55. The van der Waals surface area contributed by atoms with E-state index in [9.17, 15) is 18.0 Å². The molecule has 0 spiro atoms. The van der Waals surface area contributed by atoms with Gasteiger partial charge in [0.15, 0.2) is 9.84 Å². The van der Waals surface area contributed by atoms with Crippen molar-refractivity contribution in [3.8, 4) is 0 Å². The number of sulfone groups is 1. The highest BCUT2D eigenvalue weighted by molar-refractivity contribution is 7.92. The minimum atomic E-state index is -3.45. The quantitative estimate of drug-likeness (QED) is 0.733. The summed E-state index contributed by atoms with van der Waals surface area (Å²) in [5, 5.41) is 7.97. The van der Waals surface area contributed by atoms with Crippen LogP contribution in [-0.4, -0.2) is 53.9 Å². The van der Waals surface area contributed by atoms with Gasteiger partial charge < -0.3 is 10.0 Å². The first-order chi connectivity index (χ1) is 8.08. The fourth-order valence-electron chi connectivity index (χ4n) is 1.31. The zero-order valence-corrected chi connectivity index (χ0v) is 12.0. The Kier molecular flexibility index (Phi) is 6.31. The molecule has 18 heavy (non-hydrogen) atoms. The first-order valence-corrected chi connectivity index (χ1v) is 7.52. The average molecular weight is 279 g/mol. The molecule has 0 rings (SSSR count). The van der Waals surface area contributed by atoms with Gasteiger partial charge in [0.25, 0.3) is 0 Å². The van der Waals surface area contributed by atoms with Gasteiger partial charge in [-0.05, 0) is 27.7 Å². The van der Waals surface area contributed by atoms with Crippen LogP contribution in [0.4, 0.5) is 0 Å². The van der Waals surface area contributed by atoms with Crippen molar-refractivity contribution in [3.63, 3.8) is 0 Å². The molecule has 1 N–H and O–H groups in total. The predicted octanol–water partition coefficient (Wildman–Crippen LogP) is 0.521. The molecule has 0 aliphatic rings. The van der Waals surface area contributed by atoms with Crippen LogP contribution in [0.15, 0.2) is 0 Å². The van der Waals surface area contributed by atoms with E-state index in [1.807, 2.05) is 0 Å². The lowest BCUT2D eigenvalue weighted by Gasteiger charge is -2.26. The van der Waals surface area contributed by atoms with Gasteiger partial charge in [-0.1, -0.05) is 0 Å². The van der Waals surface area contributed by atoms with Crippen molar-refractivity contribution in [2.45, 2.75) is 45.4 Å². The number of carbonyl (C=O) groups excluding carboxylic acids is 1. The molecule has 7 heteroatoms. The van der Waals surface area contributed by atoms with Crippen LogP contribution in [0, 0.1) is 0 Å². The van der Waals surface area contributed by atoms with Crippen molar-refractivity contribution in [3.05, 3.63) is 0 Å². The van der Waals surface area contributed by atoms with E-state index in [0.717, 1.165) is 0 Å². The Labute approximate surface area is 108 Å². The maximum Gasteiger partial charge on any atom is 0.305 e. The molecule has 0 aromatic carbocycles. The standard InChI is InChI=1S/C11H21NO5S/c1-8(2)12(6-5-11(14)15)10(13)7-18(16,17)9(3)4/h8-9H,5-7H2,1-4H3,(H,14,15). The second-order valence-corrected chi connectivity index (χ2v) is 7.24. The van der Waals surface area contributed by atoms with Gasteiger partial charge in [-0.15, -0.1) is 0 Å². The SMILES string of the molecule is CC(C)N(CCC(=O)O)C(=O)CS(=O)(=O)C(C)C. The van der Waals surface area contributed by atoms with Gasteiger partial charge in [0.05, 0.1) is 11.7 Å². The van der Waals surface area contributed by atoms with Crippen LogP contribution in [0.1, 0.15) is 34.1 Å². The monoisotopic (exact) mass is 279 g/mol. The van der Waals surface area contributed by atoms with Crippen molar-refractivity contribution in [1.82, 2.24) is 4.90 Å². The Balaban J connectivity index is 4.74. The molecule has 0 saturated heterocycles. The smallest absolute Gasteiger partial charge is 0.305 e. The van der Waals surface area contributed by atoms with Crippen LogP contribution < -0.4 is 0 Å². The summed E-state index contributed by atoms with van der Waals surface area (Å²) in [4.78, 5) is 23.6. The number of rotatable bonds is 7. The fourth-order valence-corrected chi connectivity index (χ4v) is 2.15. The lowest BCUT2D eigenvalue weighted by molar-refractivity contribution is -0.138. The largest absolute Gasteiger partial charge is 0.481 e. The number of hydrogen-bond acceptors (Lipinski definition) is 4. The minimum absolute atomic E-state index is 0.0272. The van der Waals surface area contributed by atoms with Crippen LogP contribution in [0.2, 0.25) is 0 Å². The highest BCUT2D eigenvalue weighted by atomic mass is 32.2. The maximum absolute atomic E-state index is 11.9. The lowest BCUT2D eigenvalue weighted by Crippen LogP contribution is -2.42. The zero-order valence-electron chi connectivity index (χ0n) is 11.2. The summed E-state index contributed by atoms with van der Waals surface area (Å²) in [5.74, 6) is -2.12. The van der Waals surface area contributed by atoms with Gasteiger partial charge in [-0.2, -0.15) is 0 Å². The Bertz CT molecular complexity index is 400. The molecule has 0 radical (unpaired) electrons. The summed E-state index contributed by atoms with van der Waals surface area (Å²) in [6, 6.07) is -0.223. The summed E-state index contributed by atoms with van der Waals surface area (Å²) in [6.07, 6.45) is -0.189. The van der Waals surface area contributed by atoms with Gasteiger partial charge in [0, 0.05) is 12.6 Å². The highest BCUT2D eigenvalue weighted by Gasteiger charge is 2.26. The van der Waals surface area contributed by atoms with E-state index < -0.39 is 32.7 Å². The fraction of sp³-hybridized carbons (Fsp3) is 0.818. The van der Waals surface area contributed by atoms with E-state index in [1.54, 1.807) is 13.8 Å². The Morgan fingerprint density at radius 3 is 2.00 bits per heavy atom. The van der Waals surface area contributed by atoms with E-state index >= 15 is 0 Å². The van der Waals surface area contributed by atoms with E-state index in [-0.39, 0.29) is 19.0 Å². The van der Waals surface area contributed by atoms with Crippen LogP contribution in [0.3, 0.4) is 0 Å². The summed E-state index contributed by atoms with van der Waals surface area (Å²) >= 11 is 0.